The van der Waals surface area contributed by atoms with Crippen LogP contribution in [0.15, 0.2) is 58.3 Å². The summed E-state index contributed by atoms with van der Waals surface area (Å²) in [5.41, 5.74) is 0.409. The highest BCUT2D eigenvalue weighted by Gasteiger charge is 2.24. The van der Waals surface area contributed by atoms with Crippen molar-refractivity contribution in [3.05, 3.63) is 54.1 Å². The quantitative estimate of drug-likeness (QED) is 0.574. The normalized spacial score (nSPS) is 15.1. The van der Waals surface area contributed by atoms with E-state index in [0.29, 0.717) is 13.1 Å². The van der Waals surface area contributed by atoms with Gasteiger partial charge >= 0.3 is 0 Å². The number of hydrogen-bond acceptors (Lipinski definition) is 5. The van der Waals surface area contributed by atoms with Crippen LogP contribution < -0.4 is 10.0 Å². The van der Waals surface area contributed by atoms with Crippen LogP contribution in [0.5, 0.6) is 0 Å². The van der Waals surface area contributed by atoms with Crippen LogP contribution in [0, 0.1) is 0 Å². The third kappa shape index (κ3) is 5.31. The van der Waals surface area contributed by atoms with Gasteiger partial charge in [-0.2, -0.15) is 4.31 Å². The number of para-hydroxylation sites is 1. The molecule has 0 radical (unpaired) electrons. The van der Waals surface area contributed by atoms with Crippen molar-refractivity contribution >= 4 is 31.6 Å². The molecule has 0 heterocycles. The van der Waals surface area contributed by atoms with Crippen LogP contribution in [-0.4, -0.2) is 46.2 Å². The van der Waals surface area contributed by atoms with Crippen molar-refractivity contribution in [2.45, 2.75) is 55.4 Å². The Morgan fingerprint density at radius 2 is 1.47 bits per heavy atom. The molecular weight excluding hydrogens is 450 g/mol. The minimum absolute atomic E-state index is 0.0245. The maximum Gasteiger partial charge on any atom is 0.261 e. The van der Waals surface area contributed by atoms with Crippen molar-refractivity contribution < 1.29 is 21.6 Å². The minimum atomic E-state index is -4.03. The van der Waals surface area contributed by atoms with Crippen LogP contribution >= 0.6 is 0 Å². The monoisotopic (exact) mass is 479 g/mol. The fourth-order valence-corrected chi connectivity index (χ4v) is 6.35. The second-order valence-corrected chi connectivity index (χ2v) is 11.3. The summed E-state index contributed by atoms with van der Waals surface area (Å²) in [6, 6.07) is 11.6. The van der Waals surface area contributed by atoms with E-state index >= 15 is 0 Å². The molecule has 1 amide bonds. The first-order chi connectivity index (χ1) is 15.2. The number of carbonyl (C=O) groups is 1. The number of sulfonamides is 2. The Bertz CT molecular complexity index is 1150. The number of carbonyl (C=O) groups excluding carboxylic acids is 1. The predicted octanol–water partition coefficient (Wildman–Crippen LogP) is 3.19. The third-order valence-electron chi connectivity index (χ3n) is 5.58. The van der Waals surface area contributed by atoms with Gasteiger partial charge in [0.15, 0.2) is 0 Å². The number of benzene rings is 2. The van der Waals surface area contributed by atoms with Crippen molar-refractivity contribution in [3.8, 4) is 0 Å². The second-order valence-electron chi connectivity index (χ2n) is 7.67. The molecule has 1 aliphatic carbocycles. The Hall–Kier alpha value is -2.43. The standard InChI is InChI=1S/C22H29N3O5S2/c1-3-25(4-2)32(29,30)19-15-13-18(14-16-19)31(27,28)24-21-12-8-7-11-20(21)22(26)23-17-9-5-6-10-17/h7-8,11-17,24H,3-6,9-10H2,1-2H3,(H,23,26). The summed E-state index contributed by atoms with van der Waals surface area (Å²) in [4.78, 5) is 12.6. The van der Waals surface area contributed by atoms with Crippen LogP contribution in [0.1, 0.15) is 49.9 Å². The average Bonchev–Trinajstić information content (AvgIpc) is 3.27. The van der Waals surface area contributed by atoms with E-state index in [-0.39, 0.29) is 33.0 Å². The van der Waals surface area contributed by atoms with E-state index in [2.05, 4.69) is 10.0 Å². The minimum Gasteiger partial charge on any atom is -0.349 e. The van der Waals surface area contributed by atoms with Gasteiger partial charge in [0.1, 0.15) is 0 Å². The number of anilines is 1. The van der Waals surface area contributed by atoms with Crippen molar-refractivity contribution in [2.75, 3.05) is 17.8 Å². The van der Waals surface area contributed by atoms with Crippen molar-refractivity contribution in [1.82, 2.24) is 9.62 Å². The lowest BCUT2D eigenvalue weighted by Gasteiger charge is -2.18. The third-order valence-corrected chi connectivity index (χ3v) is 9.03. The van der Waals surface area contributed by atoms with Crippen LogP contribution in [-0.2, 0) is 20.0 Å². The van der Waals surface area contributed by atoms with Crippen LogP contribution in [0.4, 0.5) is 5.69 Å². The molecule has 1 aliphatic rings. The molecule has 3 rings (SSSR count). The largest absolute Gasteiger partial charge is 0.349 e. The van der Waals surface area contributed by atoms with Crippen molar-refractivity contribution in [2.24, 2.45) is 0 Å². The van der Waals surface area contributed by atoms with Gasteiger partial charge < -0.3 is 5.32 Å². The van der Waals surface area contributed by atoms with E-state index in [4.69, 9.17) is 0 Å². The molecule has 2 aromatic rings. The fourth-order valence-electron chi connectivity index (χ4n) is 3.81. The molecule has 0 bridgehead atoms. The molecule has 2 N–H and O–H groups in total. The van der Waals surface area contributed by atoms with Gasteiger partial charge in [-0.25, -0.2) is 16.8 Å². The summed E-state index contributed by atoms with van der Waals surface area (Å²) in [7, 11) is -7.72. The van der Waals surface area contributed by atoms with Gasteiger partial charge in [0.05, 0.1) is 21.0 Å². The van der Waals surface area contributed by atoms with Gasteiger partial charge in [-0.05, 0) is 49.2 Å². The van der Waals surface area contributed by atoms with E-state index in [1.54, 1.807) is 32.0 Å². The van der Waals surface area contributed by atoms with Crippen molar-refractivity contribution in [1.29, 1.82) is 0 Å². The molecule has 174 valence electrons. The van der Waals surface area contributed by atoms with Gasteiger partial charge in [-0.3, -0.25) is 9.52 Å². The maximum atomic E-state index is 12.9. The number of nitrogens with zero attached hydrogens (tertiary/aromatic N) is 1. The Labute approximate surface area is 190 Å². The fraction of sp³-hybridized carbons (Fsp3) is 0.409. The number of amides is 1. The summed E-state index contributed by atoms with van der Waals surface area (Å²) < 4.78 is 54.9. The summed E-state index contributed by atoms with van der Waals surface area (Å²) in [5.74, 6) is -0.323. The predicted molar refractivity (Wildman–Crippen MR) is 124 cm³/mol. The molecule has 0 unspecified atom stereocenters. The average molecular weight is 480 g/mol. The molecule has 0 spiro atoms. The highest BCUT2D eigenvalue weighted by Crippen LogP contribution is 2.24. The number of hydrogen-bond donors (Lipinski definition) is 2. The summed E-state index contributed by atoms with van der Waals surface area (Å²) in [6.07, 6.45) is 3.98. The number of rotatable bonds is 9. The zero-order valence-corrected chi connectivity index (χ0v) is 19.9. The summed E-state index contributed by atoms with van der Waals surface area (Å²) >= 11 is 0. The zero-order chi connectivity index (χ0) is 23.4. The Morgan fingerprint density at radius 1 is 0.906 bits per heavy atom. The molecule has 2 aromatic carbocycles. The van der Waals surface area contributed by atoms with Gasteiger partial charge in [0.25, 0.3) is 15.9 Å². The van der Waals surface area contributed by atoms with Gasteiger partial charge in [0, 0.05) is 19.1 Å². The van der Waals surface area contributed by atoms with E-state index in [1.807, 2.05) is 0 Å². The summed E-state index contributed by atoms with van der Waals surface area (Å²) in [6.45, 7) is 4.12. The molecule has 10 heteroatoms. The zero-order valence-electron chi connectivity index (χ0n) is 18.2. The molecule has 1 saturated carbocycles. The Morgan fingerprint density at radius 3 is 2.06 bits per heavy atom. The topological polar surface area (TPSA) is 113 Å². The molecular formula is C22H29N3O5S2. The molecule has 8 nitrogen and oxygen atoms in total. The van der Waals surface area contributed by atoms with E-state index in [1.165, 1.54) is 34.6 Å². The molecule has 0 aliphatic heterocycles. The first-order valence-electron chi connectivity index (χ1n) is 10.7. The first-order valence-corrected chi connectivity index (χ1v) is 13.6. The van der Waals surface area contributed by atoms with Gasteiger partial charge in [0.2, 0.25) is 10.0 Å². The highest BCUT2D eigenvalue weighted by atomic mass is 32.2. The molecule has 0 saturated heterocycles. The first kappa shape index (κ1) is 24.2. The van der Waals surface area contributed by atoms with Crippen LogP contribution in [0.2, 0.25) is 0 Å². The molecule has 1 fully saturated rings. The Kier molecular flexibility index (Phi) is 7.58. The maximum absolute atomic E-state index is 12.9. The highest BCUT2D eigenvalue weighted by molar-refractivity contribution is 7.92. The lowest BCUT2D eigenvalue weighted by atomic mass is 10.1. The van der Waals surface area contributed by atoms with Gasteiger partial charge in [-0.15, -0.1) is 0 Å². The van der Waals surface area contributed by atoms with Crippen molar-refractivity contribution in [3.63, 3.8) is 0 Å². The Balaban J connectivity index is 1.82. The second kappa shape index (κ2) is 10.0. The molecule has 0 atom stereocenters. The van der Waals surface area contributed by atoms with Crippen LogP contribution in [0.3, 0.4) is 0 Å². The number of nitrogens with one attached hydrogen (secondary N) is 2. The van der Waals surface area contributed by atoms with Crippen LogP contribution in [0.25, 0.3) is 0 Å². The van der Waals surface area contributed by atoms with E-state index in [9.17, 15) is 21.6 Å². The lowest BCUT2D eigenvalue weighted by Crippen LogP contribution is -2.33. The summed E-state index contributed by atoms with van der Waals surface area (Å²) in [5, 5.41) is 2.96. The smallest absolute Gasteiger partial charge is 0.261 e. The molecule has 0 aromatic heterocycles. The molecule has 32 heavy (non-hydrogen) atoms. The lowest BCUT2D eigenvalue weighted by molar-refractivity contribution is 0.0938. The van der Waals surface area contributed by atoms with E-state index in [0.717, 1.165) is 25.7 Å². The van der Waals surface area contributed by atoms with E-state index < -0.39 is 20.0 Å². The SMILES string of the molecule is CCN(CC)S(=O)(=O)c1ccc(S(=O)(=O)Nc2ccccc2C(=O)NC2CCCC2)cc1. The van der Waals surface area contributed by atoms with Gasteiger partial charge in [-0.1, -0.05) is 38.8 Å².